The zero-order chi connectivity index (χ0) is 12.8. The Morgan fingerprint density at radius 3 is 2.88 bits per heavy atom. The van der Waals surface area contributed by atoms with Crippen molar-refractivity contribution in [3.05, 3.63) is 29.6 Å². The van der Waals surface area contributed by atoms with Crippen molar-refractivity contribution in [3.63, 3.8) is 0 Å². The van der Waals surface area contributed by atoms with Crippen LogP contribution in [-0.2, 0) is 0 Å². The predicted molar refractivity (Wildman–Crippen MR) is 59.8 cm³/mol. The molecule has 0 bridgehead atoms. The van der Waals surface area contributed by atoms with Crippen LogP contribution in [0.15, 0.2) is 18.2 Å². The maximum Gasteiger partial charge on any atom is 0.255 e. The fourth-order valence-electron chi connectivity index (χ4n) is 1.37. The third-order valence-corrected chi connectivity index (χ3v) is 2.37. The number of phenolic OH excluding ortho intramolecular Hbond substituents is 1. The minimum atomic E-state index is -0.608. The predicted octanol–water partition coefficient (Wildman–Crippen LogP) is 1.95. The van der Waals surface area contributed by atoms with Gasteiger partial charge < -0.3 is 10.4 Å². The lowest BCUT2D eigenvalue weighted by Gasteiger charge is -2.14. The largest absolute Gasteiger partial charge is 0.507 e. The van der Waals surface area contributed by atoms with Crippen molar-refractivity contribution in [2.24, 2.45) is 0 Å². The summed E-state index contributed by atoms with van der Waals surface area (Å²) >= 11 is 0. The average Bonchev–Trinajstić information content (AvgIpc) is 2.28. The molecule has 1 atom stereocenters. The molecule has 1 aromatic carbocycles. The number of hydrogen-bond donors (Lipinski definition) is 2. The van der Waals surface area contributed by atoms with Gasteiger partial charge in [0.05, 0.1) is 18.1 Å². The van der Waals surface area contributed by atoms with Gasteiger partial charge in [-0.3, -0.25) is 4.79 Å². The fourth-order valence-corrected chi connectivity index (χ4v) is 1.37. The number of rotatable bonds is 4. The van der Waals surface area contributed by atoms with E-state index in [9.17, 15) is 14.3 Å². The monoisotopic (exact) mass is 236 g/mol. The van der Waals surface area contributed by atoms with E-state index in [4.69, 9.17) is 5.26 Å². The SMILES string of the molecule is CC[C@@H](CC#N)NC(=O)c1ccc(F)cc1O. The molecule has 17 heavy (non-hydrogen) atoms. The van der Waals surface area contributed by atoms with Crippen LogP contribution in [0.2, 0.25) is 0 Å². The summed E-state index contributed by atoms with van der Waals surface area (Å²) in [5, 5.41) is 20.6. The average molecular weight is 236 g/mol. The standard InChI is InChI=1S/C12H13FN2O2/c1-2-9(5-6-14)15-12(17)10-4-3-8(13)7-11(10)16/h3-4,7,9,16H,2,5H2,1H3,(H,15,17)/t9-/m0/s1. The number of amides is 1. The van der Waals surface area contributed by atoms with Gasteiger partial charge in [0.1, 0.15) is 11.6 Å². The van der Waals surface area contributed by atoms with Gasteiger partial charge in [-0.2, -0.15) is 5.26 Å². The highest BCUT2D eigenvalue weighted by Crippen LogP contribution is 2.18. The number of nitrogens with zero attached hydrogens (tertiary/aromatic N) is 1. The van der Waals surface area contributed by atoms with E-state index in [1.165, 1.54) is 6.07 Å². The molecule has 0 aromatic heterocycles. The van der Waals surface area contributed by atoms with Crippen molar-refractivity contribution in [1.29, 1.82) is 5.26 Å². The van der Waals surface area contributed by atoms with Gasteiger partial charge in [0.25, 0.3) is 5.91 Å². The van der Waals surface area contributed by atoms with E-state index in [1.807, 2.05) is 13.0 Å². The molecule has 1 amide bonds. The quantitative estimate of drug-likeness (QED) is 0.839. The second-order valence-electron chi connectivity index (χ2n) is 3.60. The Bertz CT molecular complexity index is 454. The van der Waals surface area contributed by atoms with Crippen LogP contribution in [0.4, 0.5) is 4.39 Å². The van der Waals surface area contributed by atoms with Crippen LogP contribution >= 0.6 is 0 Å². The number of nitriles is 1. The maximum atomic E-state index is 12.7. The molecule has 0 saturated carbocycles. The lowest BCUT2D eigenvalue weighted by Crippen LogP contribution is -2.34. The summed E-state index contributed by atoms with van der Waals surface area (Å²) < 4.78 is 12.7. The zero-order valence-electron chi connectivity index (χ0n) is 9.40. The van der Waals surface area contributed by atoms with Crippen LogP contribution in [-0.4, -0.2) is 17.1 Å². The Morgan fingerprint density at radius 1 is 1.65 bits per heavy atom. The van der Waals surface area contributed by atoms with Gasteiger partial charge in [0.15, 0.2) is 0 Å². The topological polar surface area (TPSA) is 73.1 Å². The Hall–Kier alpha value is -2.09. The number of benzene rings is 1. The molecule has 0 fully saturated rings. The highest BCUT2D eigenvalue weighted by atomic mass is 19.1. The molecule has 0 heterocycles. The third-order valence-electron chi connectivity index (χ3n) is 2.37. The number of nitrogens with one attached hydrogen (secondary N) is 1. The molecule has 90 valence electrons. The number of hydrogen-bond acceptors (Lipinski definition) is 3. The second-order valence-corrected chi connectivity index (χ2v) is 3.60. The molecule has 0 aliphatic carbocycles. The number of halogens is 1. The Kier molecular flexibility index (Phi) is 4.46. The molecule has 0 saturated heterocycles. The molecule has 5 heteroatoms. The van der Waals surface area contributed by atoms with Crippen molar-refractivity contribution in [1.82, 2.24) is 5.32 Å². The van der Waals surface area contributed by atoms with E-state index < -0.39 is 17.5 Å². The van der Waals surface area contributed by atoms with Gasteiger partial charge in [0.2, 0.25) is 0 Å². The summed E-state index contributed by atoms with van der Waals surface area (Å²) in [5.74, 6) is -1.53. The lowest BCUT2D eigenvalue weighted by atomic mass is 10.1. The molecule has 2 N–H and O–H groups in total. The summed E-state index contributed by atoms with van der Waals surface area (Å²) in [5.41, 5.74) is 0.00258. The van der Waals surface area contributed by atoms with Gasteiger partial charge >= 0.3 is 0 Å². The molecule has 4 nitrogen and oxygen atoms in total. The number of phenols is 1. The van der Waals surface area contributed by atoms with Crippen molar-refractivity contribution in [3.8, 4) is 11.8 Å². The summed E-state index contributed by atoms with van der Waals surface area (Å²) in [6.45, 7) is 1.84. The first-order chi connectivity index (χ1) is 8.08. The van der Waals surface area contributed by atoms with Crippen molar-refractivity contribution >= 4 is 5.91 Å². The van der Waals surface area contributed by atoms with Crippen molar-refractivity contribution in [2.75, 3.05) is 0 Å². The molecular weight excluding hydrogens is 223 g/mol. The second kappa shape index (κ2) is 5.85. The molecule has 1 aromatic rings. The first-order valence-electron chi connectivity index (χ1n) is 5.24. The minimum absolute atomic E-state index is 0.00258. The van der Waals surface area contributed by atoms with E-state index in [1.54, 1.807) is 0 Å². The van der Waals surface area contributed by atoms with Gasteiger partial charge in [-0.1, -0.05) is 6.92 Å². The molecule has 0 aliphatic rings. The van der Waals surface area contributed by atoms with E-state index in [-0.39, 0.29) is 18.0 Å². The smallest absolute Gasteiger partial charge is 0.255 e. The number of aromatic hydroxyl groups is 1. The van der Waals surface area contributed by atoms with Crippen LogP contribution in [0.25, 0.3) is 0 Å². The highest BCUT2D eigenvalue weighted by Gasteiger charge is 2.15. The molecule has 0 spiro atoms. The lowest BCUT2D eigenvalue weighted by molar-refractivity contribution is 0.0934. The summed E-state index contributed by atoms with van der Waals surface area (Å²) in [7, 11) is 0. The molecule has 0 radical (unpaired) electrons. The number of carbonyl (C=O) groups is 1. The maximum absolute atomic E-state index is 12.7. The molecule has 0 aliphatic heterocycles. The minimum Gasteiger partial charge on any atom is -0.507 e. The highest BCUT2D eigenvalue weighted by molar-refractivity contribution is 5.96. The molecule has 0 unspecified atom stereocenters. The summed E-state index contributed by atoms with van der Waals surface area (Å²) in [6, 6.07) is 4.88. The number of carbonyl (C=O) groups excluding carboxylic acids is 1. The van der Waals surface area contributed by atoms with Gasteiger partial charge in [-0.25, -0.2) is 4.39 Å². The van der Waals surface area contributed by atoms with E-state index in [0.29, 0.717) is 6.42 Å². The van der Waals surface area contributed by atoms with Crippen LogP contribution < -0.4 is 5.32 Å². The van der Waals surface area contributed by atoms with Crippen LogP contribution in [0.1, 0.15) is 30.1 Å². The zero-order valence-corrected chi connectivity index (χ0v) is 9.40. The Labute approximate surface area is 98.7 Å². The third kappa shape index (κ3) is 3.45. The molecule has 1 rings (SSSR count). The van der Waals surface area contributed by atoms with Crippen molar-refractivity contribution in [2.45, 2.75) is 25.8 Å². The van der Waals surface area contributed by atoms with Crippen LogP contribution in [0, 0.1) is 17.1 Å². The summed E-state index contributed by atoms with van der Waals surface area (Å²) in [6.07, 6.45) is 0.811. The van der Waals surface area contributed by atoms with E-state index >= 15 is 0 Å². The van der Waals surface area contributed by atoms with Gasteiger partial charge in [-0.15, -0.1) is 0 Å². The summed E-state index contributed by atoms with van der Waals surface area (Å²) in [4.78, 5) is 11.7. The van der Waals surface area contributed by atoms with E-state index in [2.05, 4.69) is 5.32 Å². The fraction of sp³-hybridized carbons (Fsp3) is 0.333. The van der Waals surface area contributed by atoms with Crippen LogP contribution in [0.3, 0.4) is 0 Å². The Morgan fingerprint density at radius 2 is 2.35 bits per heavy atom. The van der Waals surface area contributed by atoms with E-state index in [0.717, 1.165) is 12.1 Å². The first kappa shape index (κ1) is 13.0. The normalized spacial score (nSPS) is 11.6. The van der Waals surface area contributed by atoms with Crippen LogP contribution in [0.5, 0.6) is 5.75 Å². The van der Waals surface area contributed by atoms with Gasteiger partial charge in [0, 0.05) is 12.1 Å². The first-order valence-corrected chi connectivity index (χ1v) is 5.24. The van der Waals surface area contributed by atoms with Crippen molar-refractivity contribution < 1.29 is 14.3 Å². The Balaban J connectivity index is 2.79. The molecular formula is C12H13FN2O2. The van der Waals surface area contributed by atoms with Gasteiger partial charge in [-0.05, 0) is 18.6 Å².